The zero-order chi connectivity index (χ0) is 24.0. The van der Waals surface area contributed by atoms with Crippen LogP contribution in [0, 0.1) is 5.92 Å². The van der Waals surface area contributed by atoms with Crippen LogP contribution in [-0.2, 0) is 6.42 Å². The number of rotatable bonds is 7. The number of hydrogen-bond acceptors (Lipinski definition) is 3. The first-order chi connectivity index (χ1) is 17.2. The fraction of sp³-hybridized carbons (Fsp3) is 0.161. The minimum atomic E-state index is -0.146. The van der Waals surface area contributed by atoms with Gasteiger partial charge in [0.05, 0.1) is 5.71 Å². The summed E-state index contributed by atoms with van der Waals surface area (Å²) in [5, 5.41) is 3.66. The number of benzene rings is 3. The molecule has 0 saturated carbocycles. The number of ketones is 1. The summed E-state index contributed by atoms with van der Waals surface area (Å²) >= 11 is 3.69. The van der Waals surface area contributed by atoms with Crippen LogP contribution in [0.1, 0.15) is 46.1 Å². The highest BCUT2D eigenvalue weighted by Gasteiger charge is 2.23. The molecule has 3 nitrogen and oxygen atoms in total. The van der Waals surface area contributed by atoms with Gasteiger partial charge in [-0.3, -0.25) is 9.79 Å². The Hall–Kier alpha value is -3.50. The first-order valence-corrected chi connectivity index (χ1v) is 12.8. The maximum atomic E-state index is 12.6. The summed E-state index contributed by atoms with van der Waals surface area (Å²) in [6.07, 6.45) is 12.8. The fourth-order valence-electron chi connectivity index (χ4n) is 4.50. The number of nitrogens with zero attached hydrogens (tertiary/aromatic N) is 1. The van der Waals surface area contributed by atoms with Crippen molar-refractivity contribution in [3.8, 4) is 0 Å². The molecule has 3 aromatic carbocycles. The lowest BCUT2D eigenvalue weighted by Gasteiger charge is -2.28. The largest absolute Gasteiger partial charge is 0.363 e. The van der Waals surface area contributed by atoms with Gasteiger partial charge in [-0.05, 0) is 48.2 Å². The van der Waals surface area contributed by atoms with Crippen LogP contribution in [-0.4, -0.2) is 11.5 Å². The van der Waals surface area contributed by atoms with E-state index in [-0.39, 0.29) is 11.9 Å². The minimum absolute atomic E-state index is 0.146. The van der Waals surface area contributed by atoms with Gasteiger partial charge in [0.2, 0.25) is 0 Å². The number of aliphatic imine (C=N–C) groups is 1. The van der Waals surface area contributed by atoms with E-state index in [0.717, 1.165) is 38.9 Å². The first kappa shape index (κ1) is 23.3. The van der Waals surface area contributed by atoms with Crippen molar-refractivity contribution < 1.29 is 4.79 Å². The molecular weight excluding hydrogens is 496 g/mol. The highest BCUT2D eigenvalue weighted by molar-refractivity contribution is 9.10. The number of aryl methyl sites for hydroxylation is 1. The molecular formula is C31H27BrN2O. The third-order valence-corrected chi connectivity index (χ3v) is 6.81. The van der Waals surface area contributed by atoms with Crippen LogP contribution in [0.2, 0.25) is 0 Å². The van der Waals surface area contributed by atoms with E-state index in [4.69, 9.17) is 4.99 Å². The summed E-state index contributed by atoms with van der Waals surface area (Å²) in [5.41, 5.74) is 6.19. The monoisotopic (exact) mass is 522 g/mol. The van der Waals surface area contributed by atoms with Crippen LogP contribution in [0.4, 0.5) is 0 Å². The maximum absolute atomic E-state index is 12.6. The van der Waals surface area contributed by atoms with E-state index in [1.165, 1.54) is 5.70 Å². The Bertz CT molecular complexity index is 1320. The van der Waals surface area contributed by atoms with Gasteiger partial charge in [0.1, 0.15) is 6.17 Å². The van der Waals surface area contributed by atoms with Crippen LogP contribution < -0.4 is 5.32 Å². The van der Waals surface area contributed by atoms with Crippen molar-refractivity contribution in [2.24, 2.45) is 10.9 Å². The molecule has 1 N–H and O–H groups in total. The predicted octanol–water partition coefficient (Wildman–Crippen LogP) is 7.37. The molecule has 2 aliphatic rings. The summed E-state index contributed by atoms with van der Waals surface area (Å²) < 4.78 is 0.991. The van der Waals surface area contributed by atoms with Crippen LogP contribution in [0.15, 0.2) is 124 Å². The Morgan fingerprint density at radius 3 is 2.49 bits per heavy atom. The standard InChI is InChI=1S/C31H27BrN2O/c32-27-19-22(16-17-30(35)24-12-6-2-7-13-24)18-26(20-27)29-21-28(23-10-4-1-5-11-23)33-31(34-29)25-14-8-3-9-15-25/h1-10,12-15,18-21,23,31,33H,11,16-17H2. The van der Waals surface area contributed by atoms with Gasteiger partial charge in [-0.2, -0.15) is 0 Å². The lowest BCUT2D eigenvalue weighted by Crippen LogP contribution is -2.29. The van der Waals surface area contributed by atoms with Gasteiger partial charge in [-0.25, -0.2) is 0 Å². The van der Waals surface area contributed by atoms with Gasteiger partial charge in [-0.1, -0.05) is 101 Å². The molecule has 0 aromatic heterocycles. The summed E-state index contributed by atoms with van der Waals surface area (Å²) in [7, 11) is 0. The smallest absolute Gasteiger partial charge is 0.163 e. The van der Waals surface area contributed by atoms with Crippen molar-refractivity contribution in [3.63, 3.8) is 0 Å². The third kappa shape index (κ3) is 5.77. The Morgan fingerprint density at radius 2 is 1.74 bits per heavy atom. The molecule has 0 saturated heterocycles. The molecule has 0 amide bonds. The van der Waals surface area contributed by atoms with Gasteiger partial charge >= 0.3 is 0 Å². The normalized spacial score (nSPS) is 19.0. The second-order valence-electron chi connectivity index (χ2n) is 8.86. The number of carbonyl (C=O) groups excluding carboxylic acids is 1. The van der Waals surface area contributed by atoms with Gasteiger partial charge in [-0.15, -0.1) is 0 Å². The van der Waals surface area contributed by atoms with Crippen molar-refractivity contribution >= 4 is 27.4 Å². The van der Waals surface area contributed by atoms with Crippen LogP contribution in [0.5, 0.6) is 0 Å². The van der Waals surface area contributed by atoms with E-state index < -0.39 is 0 Å². The molecule has 2 atom stereocenters. The molecule has 0 fully saturated rings. The van der Waals surface area contributed by atoms with E-state index in [1.807, 2.05) is 36.4 Å². The van der Waals surface area contributed by atoms with Crippen LogP contribution >= 0.6 is 15.9 Å². The molecule has 4 heteroatoms. The van der Waals surface area contributed by atoms with Crippen molar-refractivity contribution in [2.45, 2.75) is 25.4 Å². The molecule has 5 rings (SSSR count). The molecule has 174 valence electrons. The van der Waals surface area contributed by atoms with E-state index >= 15 is 0 Å². The van der Waals surface area contributed by atoms with E-state index in [0.29, 0.717) is 18.8 Å². The molecule has 0 bridgehead atoms. The first-order valence-electron chi connectivity index (χ1n) is 12.0. The summed E-state index contributed by atoms with van der Waals surface area (Å²) in [5.74, 6) is 0.460. The van der Waals surface area contributed by atoms with Crippen molar-refractivity contribution in [2.75, 3.05) is 0 Å². The zero-order valence-corrected chi connectivity index (χ0v) is 21.0. The van der Waals surface area contributed by atoms with Gasteiger partial charge < -0.3 is 5.32 Å². The molecule has 35 heavy (non-hydrogen) atoms. The van der Waals surface area contributed by atoms with E-state index in [2.05, 4.69) is 94.1 Å². The van der Waals surface area contributed by atoms with Gasteiger partial charge in [0.15, 0.2) is 5.78 Å². The average Bonchev–Trinajstić information content (AvgIpc) is 2.92. The maximum Gasteiger partial charge on any atom is 0.163 e. The minimum Gasteiger partial charge on any atom is -0.363 e. The van der Waals surface area contributed by atoms with Crippen molar-refractivity contribution in [1.29, 1.82) is 0 Å². The molecule has 0 radical (unpaired) electrons. The molecule has 3 aromatic rings. The van der Waals surface area contributed by atoms with E-state index in [1.54, 1.807) is 0 Å². The van der Waals surface area contributed by atoms with Gasteiger partial charge in [0.25, 0.3) is 0 Å². The number of Topliss-reactive ketones (excluding diaryl/α,β-unsaturated/α-hetero) is 1. The molecule has 1 heterocycles. The molecule has 1 aliphatic carbocycles. The van der Waals surface area contributed by atoms with E-state index in [9.17, 15) is 4.79 Å². The van der Waals surface area contributed by atoms with Crippen molar-refractivity contribution in [1.82, 2.24) is 5.32 Å². The second-order valence-corrected chi connectivity index (χ2v) is 9.78. The number of allylic oxidation sites excluding steroid dienone is 5. The molecule has 1 aliphatic heterocycles. The predicted molar refractivity (Wildman–Crippen MR) is 147 cm³/mol. The lowest BCUT2D eigenvalue weighted by molar-refractivity contribution is 0.0983. The van der Waals surface area contributed by atoms with Gasteiger partial charge in [0, 0.05) is 33.6 Å². The zero-order valence-electron chi connectivity index (χ0n) is 19.4. The Labute approximate surface area is 215 Å². The second kappa shape index (κ2) is 10.8. The quantitative estimate of drug-likeness (QED) is 0.329. The Morgan fingerprint density at radius 1 is 0.971 bits per heavy atom. The summed E-state index contributed by atoms with van der Waals surface area (Å²) in [6, 6.07) is 26.2. The SMILES string of the molecule is O=C(CCc1cc(Br)cc(C2=NC(c3ccccc3)NC(C3C=CC=CC3)=C2)c1)c1ccccc1. The summed E-state index contributed by atoms with van der Waals surface area (Å²) in [4.78, 5) is 17.7. The molecule has 0 spiro atoms. The topological polar surface area (TPSA) is 41.5 Å². The highest BCUT2D eigenvalue weighted by Crippen LogP contribution is 2.29. The van der Waals surface area contributed by atoms with Crippen LogP contribution in [0.3, 0.4) is 0 Å². The summed E-state index contributed by atoms with van der Waals surface area (Å²) in [6.45, 7) is 0. The fourth-order valence-corrected chi connectivity index (χ4v) is 5.04. The number of carbonyl (C=O) groups is 1. The van der Waals surface area contributed by atoms with Crippen molar-refractivity contribution in [3.05, 3.63) is 142 Å². The Balaban J connectivity index is 1.44. The molecule has 2 unspecified atom stereocenters. The Kier molecular flexibility index (Phi) is 7.20. The van der Waals surface area contributed by atoms with Crippen LogP contribution in [0.25, 0.3) is 0 Å². The number of halogens is 1. The third-order valence-electron chi connectivity index (χ3n) is 6.35. The number of hydrogen-bond donors (Lipinski definition) is 1. The highest BCUT2D eigenvalue weighted by atomic mass is 79.9. The number of nitrogens with one attached hydrogen (secondary N) is 1. The average molecular weight is 523 g/mol. The lowest BCUT2D eigenvalue weighted by atomic mass is 9.93.